The summed E-state index contributed by atoms with van der Waals surface area (Å²) in [5.74, 6) is -0.560. The van der Waals surface area contributed by atoms with E-state index >= 15 is 0 Å². The summed E-state index contributed by atoms with van der Waals surface area (Å²) in [6.07, 6.45) is 0. The Bertz CT molecular complexity index is 615. The van der Waals surface area contributed by atoms with Crippen LogP contribution in [0.2, 0.25) is 0 Å². The third-order valence-electron chi connectivity index (χ3n) is 3.71. The number of benzene rings is 2. The standard InChI is InChI=1S/C17H19FN2O/c1-12(14-10-6-7-11-15(14)18)20(2)17(21)16(19)13-8-4-3-5-9-13/h3-12,16H,19H2,1-2H3/t12?,16-/m0/s1. The van der Waals surface area contributed by atoms with E-state index < -0.39 is 6.04 Å². The summed E-state index contributed by atoms with van der Waals surface area (Å²) in [7, 11) is 1.64. The van der Waals surface area contributed by atoms with Gasteiger partial charge in [-0.2, -0.15) is 0 Å². The van der Waals surface area contributed by atoms with Crippen LogP contribution in [0.5, 0.6) is 0 Å². The highest BCUT2D eigenvalue weighted by Gasteiger charge is 2.25. The molecule has 2 N–H and O–H groups in total. The number of hydrogen-bond donors (Lipinski definition) is 1. The fourth-order valence-corrected chi connectivity index (χ4v) is 2.24. The summed E-state index contributed by atoms with van der Waals surface area (Å²) in [5.41, 5.74) is 7.23. The van der Waals surface area contributed by atoms with Crippen molar-refractivity contribution in [3.63, 3.8) is 0 Å². The first-order valence-corrected chi connectivity index (χ1v) is 6.84. The first-order valence-electron chi connectivity index (χ1n) is 6.84. The highest BCUT2D eigenvalue weighted by molar-refractivity contribution is 5.83. The average molecular weight is 286 g/mol. The van der Waals surface area contributed by atoms with Gasteiger partial charge < -0.3 is 10.6 Å². The molecule has 0 aliphatic rings. The number of carbonyl (C=O) groups is 1. The van der Waals surface area contributed by atoms with Crippen molar-refractivity contribution >= 4 is 5.91 Å². The molecule has 4 heteroatoms. The molecule has 21 heavy (non-hydrogen) atoms. The van der Waals surface area contributed by atoms with Gasteiger partial charge in [-0.15, -0.1) is 0 Å². The lowest BCUT2D eigenvalue weighted by Gasteiger charge is -2.28. The second-order valence-electron chi connectivity index (χ2n) is 5.03. The van der Waals surface area contributed by atoms with Gasteiger partial charge in [0.1, 0.15) is 11.9 Å². The maximum atomic E-state index is 13.8. The number of carbonyl (C=O) groups excluding carboxylic acids is 1. The molecule has 1 amide bonds. The van der Waals surface area contributed by atoms with Gasteiger partial charge in [0, 0.05) is 12.6 Å². The minimum atomic E-state index is -0.745. The summed E-state index contributed by atoms with van der Waals surface area (Å²) in [5, 5.41) is 0. The SMILES string of the molecule is CC(c1ccccc1F)N(C)C(=O)[C@@H](N)c1ccccc1. The van der Waals surface area contributed by atoms with Crippen molar-refractivity contribution in [2.24, 2.45) is 5.73 Å². The van der Waals surface area contributed by atoms with E-state index in [1.807, 2.05) is 30.3 Å². The van der Waals surface area contributed by atoms with Crippen LogP contribution in [0.15, 0.2) is 54.6 Å². The highest BCUT2D eigenvalue weighted by atomic mass is 19.1. The molecule has 0 radical (unpaired) electrons. The number of nitrogens with two attached hydrogens (primary N) is 1. The van der Waals surface area contributed by atoms with E-state index in [1.54, 1.807) is 32.2 Å². The molecule has 0 saturated carbocycles. The third-order valence-corrected chi connectivity index (χ3v) is 3.71. The van der Waals surface area contributed by atoms with E-state index in [9.17, 15) is 9.18 Å². The molecule has 0 fully saturated rings. The highest BCUT2D eigenvalue weighted by Crippen LogP contribution is 2.24. The van der Waals surface area contributed by atoms with Gasteiger partial charge in [-0.05, 0) is 18.6 Å². The Kier molecular flexibility index (Phi) is 4.70. The monoisotopic (exact) mass is 286 g/mol. The van der Waals surface area contributed by atoms with Gasteiger partial charge >= 0.3 is 0 Å². The summed E-state index contributed by atoms with van der Waals surface area (Å²) in [4.78, 5) is 13.9. The Morgan fingerprint density at radius 3 is 2.29 bits per heavy atom. The number of hydrogen-bond acceptors (Lipinski definition) is 2. The zero-order valence-corrected chi connectivity index (χ0v) is 12.2. The van der Waals surface area contributed by atoms with Crippen LogP contribution in [0.4, 0.5) is 4.39 Å². The molecule has 0 bridgehead atoms. The fourth-order valence-electron chi connectivity index (χ4n) is 2.24. The molecule has 0 saturated heterocycles. The molecule has 0 aliphatic heterocycles. The predicted octanol–water partition coefficient (Wildman–Crippen LogP) is 3.05. The first-order chi connectivity index (χ1) is 10.0. The van der Waals surface area contributed by atoms with Crippen LogP contribution in [-0.2, 0) is 4.79 Å². The maximum absolute atomic E-state index is 13.8. The summed E-state index contributed by atoms with van der Waals surface area (Å²) >= 11 is 0. The Hall–Kier alpha value is -2.20. The van der Waals surface area contributed by atoms with Crippen LogP contribution in [0.1, 0.15) is 30.1 Å². The van der Waals surface area contributed by atoms with Gasteiger partial charge in [0.2, 0.25) is 5.91 Å². The van der Waals surface area contributed by atoms with Crippen LogP contribution in [0.25, 0.3) is 0 Å². The zero-order valence-electron chi connectivity index (χ0n) is 12.2. The fraction of sp³-hybridized carbons (Fsp3) is 0.235. The summed E-state index contributed by atoms with van der Waals surface area (Å²) in [6.45, 7) is 1.79. The Labute approximate surface area is 124 Å². The first kappa shape index (κ1) is 15.2. The Morgan fingerprint density at radius 2 is 1.67 bits per heavy atom. The summed E-state index contributed by atoms with van der Waals surface area (Å²) < 4.78 is 13.8. The second-order valence-corrected chi connectivity index (χ2v) is 5.03. The smallest absolute Gasteiger partial charge is 0.244 e. The molecule has 2 atom stereocenters. The van der Waals surface area contributed by atoms with Crippen molar-refractivity contribution in [3.8, 4) is 0 Å². The molecule has 0 heterocycles. The van der Waals surface area contributed by atoms with Crippen LogP contribution >= 0.6 is 0 Å². The van der Waals surface area contributed by atoms with Gasteiger partial charge in [-0.3, -0.25) is 4.79 Å². The quantitative estimate of drug-likeness (QED) is 0.939. The summed E-state index contributed by atoms with van der Waals surface area (Å²) in [6, 6.07) is 14.5. The van der Waals surface area contributed by atoms with Crippen molar-refractivity contribution < 1.29 is 9.18 Å². The van der Waals surface area contributed by atoms with Crippen molar-refractivity contribution in [2.45, 2.75) is 19.0 Å². The molecular weight excluding hydrogens is 267 g/mol. The number of likely N-dealkylation sites (N-methyl/N-ethyl adjacent to an activating group) is 1. The average Bonchev–Trinajstić information content (AvgIpc) is 2.53. The number of rotatable bonds is 4. The van der Waals surface area contributed by atoms with Gasteiger partial charge in [-0.25, -0.2) is 4.39 Å². The van der Waals surface area contributed by atoms with Crippen molar-refractivity contribution in [2.75, 3.05) is 7.05 Å². The molecule has 2 aromatic rings. The second kappa shape index (κ2) is 6.50. The normalized spacial score (nSPS) is 13.5. The van der Waals surface area contributed by atoms with Crippen LogP contribution in [-0.4, -0.2) is 17.9 Å². The molecule has 0 aliphatic carbocycles. The Morgan fingerprint density at radius 1 is 1.10 bits per heavy atom. The van der Waals surface area contributed by atoms with Crippen molar-refractivity contribution in [3.05, 3.63) is 71.5 Å². The van der Waals surface area contributed by atoms with E-state index in [2.05, 4.69) is 0 Å². The number of halogens is 1. The van der Waals surface area contributed by atoms with Gasteiger partial charge in [0.05, 0.1) is 6.04 Å². The van der Waals surface area contributed by atoms with Crippen LogP contribution in [0.3, 0.4) is 0 Å². The molecule has 110 valence electrons. The van der Waals surface area contributed by atoms with E-state index in [-0.39, 0.29) is 17.8 Å². The molecule has 3 nitrogen and oxygen atoms in total. The van der Waals surface area contributed by atoms with E-state index in [1.165, 1.54) is 11.0 Å². The van der Waals surface area contributed by atoms with Gasteiger partial charge in [0.15, 0.2) is 0 Å². The minimum Gasteiger partial charge on any atom is -0.337 e. The van der Waals surface area contributed by atoms with E-state index in [4.69, 9.17) is 5.73 Å². The number of nitrogens with zero attached hydrogens (tertiary/aromatic N) is 1. The van der Waals surface area contributed by atoms with Crippen LogP contribution in [0, 0.1) is 5.82 Å². The maximum Gasteiger partial charge on any atom is 0.244 e. The lowest BCUT2D eigenvalue weighted by molar-refractivity contribution is -0.133. The molecule has 1 unspecified atom stereocenters. The molecule has 0 spiro atoms. The third kappa shape index (κ3) is 3.28. The van der Waals surface area contributed by atoms with E-state index in [0.717, 1.165) is 5.56 Å². The topological polar surface area (TPSA) is 46.3 Å². The van der Waals surface area contributed by atoms with Gasteiger partial charge in [-0.1, -0.05) is 48.5 Å². The Balaban J connectivity index is 2.18. The lowest BCUT2D eigenvalue weighted by atomic mass is 10.0. The molecule has 0 aromatic heterocycles. The van der Waals surface area contributed by atoms with E-state index in [0.29, 0.717) is 5.56 Å². The molecule has 2 aromatic carbocycles. The van der Waals surface area contributed by atoms with Crippen LogP contribution < -0.4 is 5.73 Å². The molecule has 2 rings (SSSR count). The largest absolute Gasteiger partial charge is 0.337 e. The molecular formula is C17H19FN2O. The van der Waals surface area contributed by atoms with Gasteiger partial charge in [0.25, 0.3) is 0 Å². The van der Waals surface area contributed by atoms with Crippen molar-refractivity contribution in [1.82, 2.24) is 4.90 Å². The zero-order chi connectivity index (χ0) is 15.4. The number of amides is 1. The lowest BCUT2D eigenvalue weighted by Crippen LogP contribution is -2.37. The predicted molar refractivity (Wildman–Crippen MR) is 81.0 cm³/mol. The van der Waals surface area contributed by atoms with Crippen molar-refractivity contribution in [1.29, 1.82) is 0 Å². The minimum absolute atomic E-state index is 0.239.